The fraction of sp³-hybridized carbons (Fsp3) is 0.538. The van der Waals surface area contributed by atoms with Crippen LogP contribution in [-0.2, 0) is 0 Å². The Labute approximate surface area is 113 Å². The molecule has 4 heteroatoms. The van der Waals surface area contributed by atoms with Gasteiger partial charge in [0.1, 0.15) is 0 Å². The van der Waals surface area contributed by atoms with E-state index in [1.165, 1.54) is 0 Å². The number of benzene rings is 1. The van der Waals surface area contributed by atoms with Crippen LogP contribution in [0.5, 0.6) is 0 Å². The molecule has 0 aliphatic rings. The van der Waals surface area contributed by atoms with Gasteiger partial charge in [-0.1, -0.05) is 43.1 Å². The number of hydrogen-bond acceptors (Lipinski definition) is 2. The van der Waals surface area contributed by atoms with Crippen molar-refractivity contribution in [3.63, 3.8) is 0 Å². The van der Waals surface area contributed by atoms with Gasteiger partial charge < -0.3 is 10.4 Å². The molecule has 96 valence electrons. The molecule has 0 heterocycles. The molecule has 0 bridgehead atoms. The molecule has 0 spiro atoms. The molecule has 0 unspecified atom stereocenters. The zero-order chi connectivity index (χ0) is 12.9. The van der Waals surface area contributed by atoms with Crippen molar-refractivity contribution in [2.24, 2.45) is 5.41 Å². The number of anilines is 1. The van der Waals surface area contributed by atoms with Crippen LogP contribution in [0.1, 0.15) is 26.7 Å². The quantitative estimate of drug-likeness (QED) is 0.816. The van der Waals surface area contributed by atoms with Gasteiger partial charge >= 0.3 is 0 Å². The third-order valence-corrected chi connectivity index (χ3v) is 4.07. The lowest BCUT2D eigenvalue weighted by molar-refractivity contribution is 0.127. The third-order valence-electron chi connectivity index (χ3n) is 3.44. The van der Waals surface area contributed by atoms with Crippen molar-refractivity contribution in [1.29, 1.82) is 0 Å². The fourth-order valence-corrected chi connectivity index (χ4v) is 2.25. The molecule has 0 aromatic heterocycles. The van der Waals surface area contributed by atoms with Crippen LogP contribution < -0.4 is 5.32 Å². The Balaban J connectivity index is 2.79. The summed E-state index contributed by atoms with van der Waals surface area (Å²) in [6.07, 6.45) is 1.82. The highest BCUT2D eigenvalue weighted by molar-refractivity contribution is 6.39. The lowest BCUT2D eigenvalue weighted by atomic mass is 9.83. The number of hydrogen-bond donors (Lipinski definition) is 2. The summed E-state index contributed by atoms with van der Waals surface area (Å²) in [5.41, 5.74) is 0.637. The highest BCUT2D eigenvalue weighted by atomic mass is 35.5. The van der Waals surface area contributed by atoms with Gasteiger partial charge in [-0.15, -0.1) is 0 Å². The Morgan fingerprint density at radius 2 is 1.71 bits per heavy atom. The van der Waals surface area contributed by atoms with E-state index in [1.807, 2.05) is 6.07 Å². The molecule has 0 aliphatic heterocycles. The number of aliphatic hydroxyl groups excluding tert-OH is 1. The lowest BCUT2D eigenvalue weighted by Crippen LogP contribution is -2.32. The van der Waals surface area contributed by atoms with Crippen molar-refractivity contribution in [2.75, 3.05) is 18.5 Å². The molecular weight excluding hydrogens is 257 g/mol. The summed E-state index contributed by atoms with van der Waals surface area (Å²) in [7, 11) is 0. The smallest absolute Gasteiger partial charge is 0.0719 e. The minimum atomic E-state index is -0.109. The Bertz CT molecular complexity index is 336. The topological polar surface area (TPSA) is 32.3 Å². The molecule has 17 heavy (non-hydrogen) atoms. The van der Waals surface area contributed by atoms with Crippen LogP contribution in [0.3, 0.4) is 0 Å². The molecule has 0 atom stereocenters. The number of para-hydroxylation sites is 1. The highest BCUT2D eigenvalue weighted by Gasteiger charge is 2.25. The van der Waals surface area contributed by atoms with Crippen LogP contribution in [0.25, 0.3) is 0 Å². The zero-order valence-electron chi connectivity index (χ0n) is 10.3. The number of rotatable bonds is 6. The summed E-state index contributed by atoms with van der Waals surface area (Å²) in [5.74, 6) is 0. The maximum absolute atomic E-state index is 9.49. The predicted octanol–water partition coefficient (Wildman–Crippen LogP) is 4.20. The summed E-state index contributed by atoms with van der Waals surface area (Å²) in [6, 6.07) is 5.41. The molecule has 1 aromatic carbocycles. The molecule has 0 fully saturated rings. The second-order valence-corrected chi connectivity index (χ2v) is 5.13. The number of nitrogens with one attached hydrogen (secondary N) is 1. The fourth-order valence-electron chi connectivity index (χ4n) is 1.72. The minimum Gasteiger partial charge on any atom is -0.396 e. The van der Waals surface area contributed by atoms with Crippen LogP contribution in [0.4, 0.5) is 5.69 Å². The summed E-state index contributed by atoms with van der Waals surface area (Å²) < 4.78 is 0. The van der Waals surface area contributed by atoms with Crippen LogP contribution in [-0.4, -0.2) is 18.3 Å². The standard InChI is InChI=1S/C13H19Cl2NO/c1-3-13(4-2,9-17)8-16-12-10(14)6-5-7-11(12)15/h5-7,16-17H,3-4,8-9H2,1-2H3. The Morgan fingerprint density at radius 1 is 1.18 bits per heavy atom. The second-order valence-electron chi connectivity index (χ2n) is 4.32. The summed E-state index contributed by atoms with van der Waals surface area (Å²) in [4.78, 5) is 0. The third kappa shape index (κ3) is 3.51. The molecule has 0 saturated heterocycles. The van der Waals surface area contributed by atoms with E-state index in [-0.39, 0.29) is 12.0 Å². The predicted molar refractivity (Wildman–Crippen MR) is 75.1 cm³/mol. The first-order valence-electron chi connectivity index (χ1n) is 5.87. The first-order chi connectivity index (χ1) is 8.08. The van der Waals surface area contributed by atoms with E-state index in [1.54, 1.807) is 12.1 Å². The van der Waals surface area contributed by atoms with Crippen molar-refractivity contribution < 1.29 is 5.11 Å². The van der Waals surface area contributed by atoms with Crippen molar-refractivity contribution >= 4 is 28.9 Å². The van der Waals surface area contributed by atoms with Gasteiger partial charge in [0, 0.05) is 12.0 Å². The Kier molecular flexibility index (Phi) is 5.57. The molecular formula is C13H19Cl2NO. The summed E-state index contributed by atoms with van der Waals surface area (Å²) in [5, 5.41) is 14.0. The van der Waals surface area contributed by atoms with Gasteiger partial charge in [0.25, 0.3) is 0 Å². The summed E-state index contributed by atoms with van der Waals surface area (Å²) in [6.45, 7) is 4.99. The van der Waals surface area contributed by atoms with E-state index in [9.17, 15) is 5.11 Å². The van der Waals surface area contributed by atoms with Gasteiger partial charge in [0.15, 0.2) is 0 Å². The van der Waals surface area contributed by atoms with Crippen molar-refractivity contribution in [3.8, 4) is 0 Å². The lowest BCUT2D eigenvalue weighted by Gasteiger charge is -2.30. The van der Waals surface area contributed by atoms with Crippen LogP contribution in [0, 0.1) is 5.41 Å². The normalized spacial score (nSPS) is 11.6. The number of halogens is 2. The summed E-state index contributed by atoms with van der Waals surface area (Å²) >= 11 is 12.2. The van der Waals surface area contributed by atoms with Gasteiger partial charge in [0.05, 0.1) is 22.3 Å². The SMILES string of the molecule is CCC(CC)(CO)CNc1c(Cl)cccc1Cl. The van der Waals surface area contributed by atoms with Gasteiger partial charge in [-0.3, -0.25) is 0 Å². The van der Waals surface area contributed by atoms with Crippen molar-refractivity contribution in [2.45, 2.75) is 26.7 Å². The minimum absolute atomic E-state index is 0.109. The van der Waals surface area contributed by atoms with E-state index in [0.29, 0.717) is 16.6 Å². The largest absolute Gasteiger partial charge is 0.396 e. The van der Waals surface area contributed by atoms with Gasteiger partial charge in [-0.05, 0) is 25.0 Å². The first kappa shape index (κ1) is 14.6. The second kappa shape index (κ2) is 6.48. The van der Waals surface area contributed by atoms with E-state index < -0.39 is 0 Å². The van der Waals surface area contributed by atoms with E-state index in [4.69, 9.17) is 23.2 Å². The van der Waals surface area contributed by atoms with Gasteiger partial charge in [-0.2, -0.15) is 0 Å². The van der Waals surface area contributed by atoms with Crippen LogP contribution in [0.15, 0.2) is 18.2 Å². The average molecular weight is 276 g/mol. The number of aliphatic hydroxyl groups is 1. The van der Waals surface area contributed by atoms with Crippen molar-refractivity contribution in [3.05, 3.63) is 28.2 Å². The monoisotopic (exact) mass is 275 g/mol. The molecule has 0 saturated carbocycles. The average Bonchev–Trinajstić information content (AvgIpc) is 2.34. The first-order valence-corrected chi connectivity index (χ1v) is 6.63. The highest BCUT2D eigenvalue weighted by Crippen LogP contribution is 2.32. The maximum atomic E-state index is 9.49. The van der Waals surface area contributed by atoms with E-state index in [0.717, 1.165) is 18.5 Å². The molecule has 0 aliphatic carbocycles. The molecule has 2 N–H and O–H groups in total. The van der Waals surface area contributed by atoms with Crippen LogP contribution in [0.2, 0.25) is 10.0 Å². The zero-order valence-corrected chi connectivity index (χ0v) is 11.8. The Hall–Kier alpha value is -0.440. The maximum Gasteiger partial charge on any atom is 0.0719 e. The van der Waals surface area contributed by atoms with E-state index in [2.05, 4.69) is 19.2 Å². The molecule has 0 amide bonds. The molecule has 0 radical (unpaired) electrons. The van der Waals surface area contributed by atoms with Gasteiger partial charge in [0.2, 0.25) is 0 Å². The molecule has 1 aromatic rings. The molecule has 2 nitrogen and oxygen atoms in total. The van der Waals surface area contributed by atoms with Crippen LogP contribution >= 0.6 is 23.2 Å². The van der Waals surface area contributed by atoms with Crippen molar-refractivity contribution in [1.82, 2.24) is 0 Å². The Morgan fingerprint density at radius 3 is 2.12 bits per heavy atom. The molecule has 1 rings (SSSR count). The van der Waals surface area contributed by atoms with Gasteiger partial charge in [-0.25, -0.2) is 0 Å². The van der Waals surface area contributed by atoms with E-state index >= 15 is 0 Å².